The highest BCUT2D eigenvalue weighted by molar-refractivity contribution is 7.13. The van der Waals surface area contributed by atoms with Crippen LogP contribution in [0.4, 0.5) is 23.8 Å². The summed E-state index contributed by atoms with van der Waals surface area (Å²) in [4.78, 5) is 51.9. The molecule has 3 aromatic heterocycles. The van der Waals surface area contributed by atoms with E-state index in [-0.39, 0.29) is 33.4 Å². The Bertz CT molecular complexity index is 1980. The molecule has 16 heteroatoms. The number of thiazole rings is 1. The fraction of sp³-hybridized carbons (Fsp3) is 0.457. The number of morpholine rings is 1. The predicted octanol–water partition coefficient (Wildman–Crippen LogP) is 5.58. The number of hydrogen-bond donors (Lipinski definition) is 3. The Morgan fingerprint density at radius 1 is 1.08 bits per heavy atom. The van der Waals surface area contributed by atoms with Crippen LogP contribution >= 0.6 is 11.3 Å². The van der Waals surface area contributed by atoms with Crippen LogP contribution < -0.4 is 16.1 Å². The number of ether oxygens (including phenoxy) is 1. The summed E-state index contributed by atoms with van der Waals surface area (Å²) in [7, 11) is 0. The normalized spacial score (nSPS) is 17.5. The third-order valence-electron chi connectivity index (χ3n) is 9.36. The molecule has 3 N–H and O–H groups in total. The Balaban J connectivity index is 1.44. The first-order valence-electron chi connectivity index (χ1n) is 17.0. The molecule has 0 saturated carbocycles. The van der Waals surface area contributed by atoms with Crippen molar-refractivity contribution >= 4 is 40.1 Å². The quantitative estimate of drug-likeness (QED) is 0.191. The van der Waals surface area contributed by atoms with E-state index in [4.69, 9.17) is 4.74 Å². The number of fused-ring (bicyclic) bond motifs is 1. The van der Waals surface area contributed by atoms with Crippen molar-refractivity contribution in [1.82, 2.24) is 29.7 Å². The second-order valence-corrected chi connectivity index (χ2v) is 13.5. The summed E-state index contributed by atoms with van der Waals surface area (Å²) in [5.41, 5.74) is 0.0985. The number of halogens is 3. The highest BCUT2D eigenvalue weighted by atomic mass is 32.1. The molecule has 2 saturated heterocycles. The number of nitrogens with zero attached hydrogens (tertiary/aromatic N) is 5. The van der Waals surface area contributed by atoms with E-state index in [1.165, 1.54) is 12.3 Å². The molecular weight excluding hydrogens is 687 g/mol. The Kier molecular flexibility index (Phi) is 11.0. The minimum Gasteiger partial charge on any atom is -0.477 e. The van der Waals surface area contributed by atoms with Gasteiger partial charge in [0, 0.05) is 79.1 Å². The second-order valence-electron chi connectivity index (χ2n) is 12.6. The number of hydrogen-bond acceptors (Lipinski definition) is 9. The predicted molar refractivity (Wildman–Crippen MR) is 189 cm³/mol. The number of anilines is 1. The number of rotatable bonds is 10. The highest BCUT2D eigenvalue weighted by Gasteiger charge is 2.34. The second kappa shape index (κ2) is 15.5. The van der Waals surface area contributed by atoms with E-state index >= 15 is 0 Å². The van der Waals surface area contributed by atoms with Crippen LogP contribution in [0, 0.1) is 0 Å². The number of nitrogens with one attached hydrogen (secondary N) is 2. The SMILES string of the molecule is CCNC(=O)Nc1cc(-c2nc(C(F)(F)F)cs2)c(-c2ccc3c(c2)c(=O)c(C(=O)O)c(CC)n3[C@@H]2CCCN(CCN3CCOCC3)C2)cn1. The van der Waals surface area contributed by atoms with Gasteiger partial charge in [-0.05, 0) is 56.5 Å². The zero-order chi connectivity index (χ0) is 36.3. The van der Waals surface area contributed by atoms with Gasteiger partial charge in [-0.15, -0.1) is 11.3 Å². The Hall–Kier alpha value is -4.38. The highest BCUT2D eigenvalue weighted by Crippen LogP contribution is 2.39. The molecule has 2 aliphatic rings. The number of benzene rings is 1. The van der Waals surface area contributed by atoms with Gasteiger partial charge >= 0.3 is 18.2 Å². The third-order valence-corrected chi connectivity index (χ3v) is 10.2. The molecule has 2 amide bonds. The number of piperidine rings is 1. The fourth-order valence-electron chi connectivity index (χ4n) is 6.94. The lowest BCUT2D eigenvalue weighted by Crippen LogP contribution is -2.44. The number of carbonyl (C=O) groups excluding carboxylic acids is 1. The third kappa shape index (κ3) is 7.93. The van der Waals surface area contributed by atoms with E-state index in [1.807, 2.05) is 11.5 Å². The molecule has 0 spiro atoms. The van der Waals surface area contributed by atoms with Gasteiger partial charge in [0.1, 0.15) is 16.4 Å². The van der Waals surface area contributed by atoms with Crippen LogP contribution in [0.15, 0.2) is 40.6 Å². The number of carboxylic acids is 1. The number of aromatic carboxylic acids is 1. The number of alkyl halides is 3. The van der Waals surface area contributed by atoms with Crippen LogP contribution in [0.3, 0.4) is 0 Å². The number of amides is 2. The van der Waals surface area contributed by atoms with E-state index in [0.29, 0.717) is 41.8 Å². The first kappa shape index (κ1) is 36.4. The van der Waals surface area contributed by atoms with Gasteiger partial charge in [0.15, 0.2) is 5.69 Å². The van der Waals surface area contributed by atoms with Gasteiger partial charge in [0.25, 0.3) is 0 Å². The minimum atomic E-state index is -4.67. The maximum Gasteiger partial charge on any atom is 0.434 e. The average Bonchev–Trinajstić information content (AvgIpc) is 3.62. The molecule has 2 aliphatic heterocycles. The molecule has 272 valence electrons. The van der Waals surface area contributed by atoms with Gasteiger partial charge in [-0.25, -0.2) is 19.6 Å². The van der Waals surface area contributed by atoms with Gasteiger partial charge in [-0.1, -0.05) is 13.0 Å². The molecule has 0 aliphatic carbocycles. The molecule has 12 nitrogen and oxygen atoms in total. The van der Waals surface area contributed by atoms with Crippen LogP contribution in [-0.4, -0.2) is 100 Å². The molecule has 2 fully saturated rings. The molecule has 0 bridgehead atoms. The summed E-state index contributed by atoms with van der Waals surface area (Å²) in [6.45, 7) is 10.5. The van der Waals surface area contributed by atoms with Gasteiger partial charge in [0.2, 0.25) is 5.43 Å². The van der Waals surface area contributed by atoms with Crippen molar-refractivity contribution < 1.29 is 32.6 Å². The van der Waals surface area contributed by atoms with Gasteiger partial charge in [-0.2, -0.15) is 13.2 Å². The smallest absolute Gasteiger partial charge is 0.434 e. The zero-order valence-corrected chi connectivity index (χ0v) is 29.2. The van der Waals surface area contributed by atoms with Gasteiger partial charge < -0.3 is 24.6 Å². The van der Waals surface area contributed by atoms with E-state index in [2.05, 4.69) is 30.4 Å². The Morgan fingerprint density at radius 2 is 1.84 bits per heavy atom. The van der Waals surface area contributed by atoms with Crippen molar-refractivity contribution in [2.24, 2.45) is 0 Å². The minimum absolute atomic E-state index is 0.0307. The van der Waals surface area contributed by atoms with Crippen LogP contribution in [-0.2, 0) is 17.3 Å². The molecule has 5 heterocycles. The monoisotopic (exact) mass is 727 g/mol. The maximum atomic E-state index is 14.0. The van der Waals surface area contributed by atoms with Gasteiger partial charge in [0.05, 0.1) is 18.7 Å². The lowest BCUT2D eigenvalue weighted by molar-refractivity contribution is -0.140. The largest absolute Gasteiger partial charge is 0.477 e. The van der Waals surface area contributed by atoms with Crippen LogP contribution in [0.1, 0.15) is 54.5 Å². The number of carboxylic acid groups (broad SMARTS) is 1. The van der Waals surface area contributed by atoms with E-state index in [9.17, 15) is 32.7 Å². The molecule has 6 rings (SSSR count). The maximum absolute atomic E-state index is 14.0. The van der Waals surface area contributed by atoms with Crippen molar-refractivity contribution in [1.29, 1.82) is 0 Å². The molecule has 1 atom stereocenters. The number of carbonyl (C=O) groups is 2. The first-order valence-corrected chi connectivity index (χ1v) is 17.9. The molecular formula is C35H40F3N7O5S. The topological polar surface area (TPSA) is 142 Å². The van der Waals surface area contributed by atoms with Gasteiger partial charge in [-0.3, -0.25) is 15.0 Å². The van der Waals surface area contributed by atoms with E-state index < -0.39 is 29.3 Å². The number of likely N-dealkylation sites (tertiary alicyclic amines) is 1. The van der Waals surface area contributed by atoms with E-state index in [0.717, 1.165) is 75.5 Å². The lowest BCUT2D eigenvalue weighted by Gasteiger charge is -2.37. The molecule has 51 heavy (non-hydrogen) atoms. The van der Waals surface area contributed by atoms with Crippen molar-refractivity contribution in [2.45, 2.75) is 45.3 Å². The van der Waals surface area contributed by atoms with Crippen LogP contribution in [0.25, 0.3) is 32.6 Å². The van der Waals surface area contributed by atoms with Crippen LogP contribution in [0.5, 0.6) is 0 Å². The fourth-order valence-corrected chi connectivity index (χ4v) is 7.80. The zero-order valence-electron chi connectivity index (χ0n) is 28.4. The molecule has 0 unspecified atom stereocenters. The first-order chi connectivity index (χ1) is 24.5. The summed E-state index contributed by atoms with van der Waals surface area (Å²) in [5, 5.41) is 16.6. The molecule has 1 aromatic carbocycles. The van der Waals surface area contributed by atoms with Crippen molar-refractivity contribution in [2.75, 3.05) is 64.3 Å². The number of aromatic nitrogens is 3. The van der Waals surface area contributed by atoms with Crippen molar-refractivity contribution in [3.8, 4) is 21.7 Å². The van der Waals surface area contributed by atoms with E-state index in [1.54, 1.807) is 25.1 Å². The molecule has 0 radical (unpaired) electrons. The lowest BCUT2D eigenvalue weighted by atomic mass is 9.96. The summed E-state index contributed by atoms with van der Waals surface area (Å²) >= 11 is 0.784. The number of urea groups is 1. The van der Waals surface area contributed by atoms with Crippen LogP contribution in [0.2, 0.25) is 0 Å². The van der Waals surface area contributed by atoms with Crippen molar-refractivity contribution in [3.63, 3.8) is 0 Å². The Morgan fingerprint density at radius 3 is 2.53 bits per heavy atom. The summed E-state index contributed by atoms with van der Waals surface area (Å²) in [5.74, 6) is -1.23. The Labute approximate surface area is 296 Å². The summed E-state index contributed by atoms with van der Waals surface area (Å²) in [6.07, 6.45) is -1.22. The average molecular weight is 728 g/mol. The van der Waals surface area contributed by atoms with Crippen molar-refractivity contribution in [3.05, 3.63) is 63.0 Å². The summed E-state index contributed by atoms with van der Waals surface area (Å²) < 4.78 is 48.2. The summed E-state index contributed by atoms with van der Waals surface area (Å²) in [6, 6.07) is 5.92. The number of pyridine rings is 2. The standard InChI is InChI=1S/C35H40F3N7O5S/c1-3-26-30(33(47)48)31(46)24-16-21(7-8-27(24)45(26)22-6-5-9-44(19-22)11-10-43-12-14-50-15-13-43)25-18-40-29(42-34(49)39-4-2)17-23(25)32-41-28(20-51-32)35(36,37)38/h7-8,16-18,20,22H,3-6,9-15,19H2,1-2H3,(H,47,48)(H2,39,40,42,49)/t22-/m1/s1. The molecule has 4 aromatic rings.